The molecule has 0 saturated heterocycles. The molecule has 1 aliphatic rings. The maximum atomic E-state index is 12.2. The third-order valence-electron chi connectivity index (χ3n) is 3.80. The van der Waals surface area contributed by atoms with Gasteiger partial charge < -0.3 is 10.1 Å². The number of carbonyl (C=O) groups is 2. The predicted octanol–water partition coefficient (Wildman–Crippen LogP) is 3.62. The lowest BCUT2D eigenvalue weighted by Crippen LogP contribution is -2.17. The highest BCUT2D eigenvalue weighted by molar-refractivity contribution is 7.17. The molecule has 6 heteroatoms. The third kappa shape index (κ3) is 3.58. The monoisotopic (exact) mass is 329 g/mol. The fraction of sp³-hybridized carbons (Fsp3) is 0.600. The molecule has 21 heavy (non-hydrogen) atoms. The van der Waals surface area contributed by atoms with Crippen molar-refractivity contribution in [2.75, 3.05) is 17.8 Å². The predicted molar refractivity (Wildman–Crippen MR) is 85.4 cm³/mol. The maximum absolute atomic E-state index is 12.2. The van der Waals surface area contributed by atoms with E-state index in [-0.39, 0.29) is 17.8 Å². The van der Waals surface area contributed by atoms with Crippen LogP contribution >= 0.6 is 22.9 Å². The zero-order valence-electron chi connectivity index (χ0n) is 12.3. The van der Waals surface area contributed by atoms with E-state index in [1.54, 1.807) is 6.92 Å². The summed E-state index contributed by atoms with van der Waals surface area (Å²) in [5.41, 5.74) is 1.58. The first-order valence-corrected chi connectivity index (χ1v) is 8.63. The quantitative estimate of drug-likeness (QED) is 0.663. The SMILES string of the molecule is CCOC(=O)c1c(NC(=O)CCl)sc2c1CC[C@@H](CC)C2. The molecule has 0 spiro atoms. The van der Waals surface area contributed by atoms with Crippen molar-refractivity contribution in [3.63, 3.8) is 0 Å². The van der Waals surface area contributed by atoms with Crippen LogP contribution in [0.1, 0.15) is 47.5 Å². The topological polar surface area (TPSA) is 55.4 Å². The number of anilines is 1. The summed E-state index contributed by atoms with van der Waals surface area (Å²) in [7, 11) is 0. The third-order valence-corrected chi connectivity index (χ3v) is 5.21. The zero-order chi connectivity index (χ0) is 15.4. The second kappa shape index (κ2) is 7.27. The number of hydrogen-bond acceptors (Lipinski definition) is 4. The summed E-state index contributed by atoms with van der Waals surface area (Å²) >= 11 is 7.03. The molecule has 1 heterocycles. The lowest BCUT2D eigenvalue weighted by atomic mass is 9.85. The summed E-state index contributed by atoms with van der Waals surface area (Å²) in [5, 5.41) is 3.32. The molecule has 0 radical (unpaired) electrons. The first kappa shape index (κ1) is 16.3. The van der Waals surface area contributed by atoms with E-state index >= 15 is 0 Å². The van der Waals surface area contributed by atoms with Crippen molar-refractivity contribution in [3.05, 3.63) is 16.0 Å². The molecule has 1 aliphatic carbocycles. The number of alkyl halides is 1. The van der Waals surface area contributed by atoms with Gasteiger partial charge in [0.05, 0.1) is 12.2 Å². The second-order valence-corrected chi connectivity index (χ2v) is 6.50. The van der Waals surface area contributed by atoms with Crippen LogP contribution in [0, 0.1) is 5.92 Å². The number of fused-ring (bicyclic) bond motifs is 1. The highest BCUT2D eigenvalue weighted by Gasteiger charge is 2.29. The number of hydrogen-bond donors (Lipinski definition) is 1. The summed E-state index contributed by atoms with van der Waals surface area (Å²) in [6.45, 7) is 4.29. The van der Waals surface area contributed by atoms with Gasteiger partial charge in [0, 0.05) is 4.88 Å². The Balaban J connectivity index is 2.37. The van der Waals surface area contributed by atoms with Crippen molar-refractivity contribution >= 4 is 39.8 Å². The molecule has 0 bridgehead atoms. The Hall–Kier alpha value is -1.07. The average Bonchev–Trinajstić information content (AvgIpc) is 2.83. The number of esters is 1. The number of halogens is 1. The first-order valence-electron chi connectivity index (χ1n) is 7.28. The van der Waals surface area contributed by atoms with E-state index in [0.29, 0.717) is 23.1 Å². The lowest BCUT2D eigenvalue weighted by molar-refractivity contribution is -0.113. The van der Waals surface area contributed by atoms with Gasteiger partial charge in [-0.2, -0.15) is 0 Å². The van der Waals surface area contributed by atoms with E-state index < -0.39 is 0 Å². The van der Waals surface area contributed by atoms with Crippen molar-refractivity contribution in [1.29, 1.82) is 0 Å². The van der Waals surface area contributed by atoms with Crippen LogP contribution in [0.3, 0.4) is 0 Å². The average molecular weight is 330 g/mol. The van der Waals surface area contributed by atoms with Gasteiger partial charge in [-0.3, -0.25) is 4.79 Å². The largest absolute Gasteiger partial charge is 0.462 e. The number of carbonyl (C=O) groups excluding carboxylic acids is 2. The minimum absolute atomic E-state index is 0.123. The molecule has 4 nitrogen and oxygen atoms in total. The fourth-order valence-corrected chi connectivity index (χ4v) is 4.10. The maximum Gasteiger partial charge on any atom is 0.341 e. The molecule has 1 aromatic heterocycles. The van der Waals surface area contributed by atoms with Crippen molar-refractivity contribution < 1.29 is 14.3 Å². The van der Waals surface area contributed by atoms with Crippen molar-refractivity contribution in [3.8, 4) is 0 Å². The van der Waals surface area contributed by atoms with E-state index in [1.807, 2.05) is 0 Å². The molecule has 0 aliphatic heterocycles. The first-order chi connectivity index (χ1) is 10.1. The zero-order valence-corrected chi connectivity index (χ0v) is 13.9. The number of thiophene rings is 1. The molecule has 1 atom stereocenters. The molecule has 0 unspecified atom stereocenters. The summed E-state index contributed by atoms with van der Waals surface area (Å²) < 4.78 is 5.14. The Bertz CT molecular complexity index is 541. The van der Waals surface area contributed by atoms with E-state index in [1.165, 1.54) is 16.2 Å². The number of ether oxygens (including phenoxy) is 1. The van der Waals surface area contributed by atoms with Crippen LogP contribution in [-0.2, 0) is 22.4 Å². The van der Waals surface area contributed by atoms with Crippen LogP contribution in [0.2, 0.25) is 0 Å². The molecular formula is C15H20ClNO3S. The van der Waals surface area contributed by atoms with Crippen LogP contribution < -0.4 is 5.32 Å². The van der Waals surface area contributed by atoms with Gasteiger partial charge in [-0.1, -0.05) is 13.3 Å². The van der Waals surface area contributed by atoms with Crippen LogP contribution in [0.5, 0.6) is 0 Å². The van der Waals surface area contributed by atoms with Crippen LogP contribution in [0.4, 0.5) is 5.00 Å². The van der Waals surface area contributed by atoms with Crippen molar-refractivity contribution in [1.82, 2.24) is 0 Å². The minimum atomic E-state index is -0.352. The Morgan fingerprint density at radius 2 is 2.19 bits per heavy atom. The molecule has 1 aromatic rings. The van der Waals surface area contributed by atoms with Gasteiger partial charge in [0.2, 0.25) is 5.91 Å². The molecule has 1 amide bonds. The summed E-state index contributed by atoms with van der Waals surface area (Å²) in [6.07, 6.45) is 4.06. The van der Waals surface area contributed by atoms with Gasteiger partial charge in [-0.25, -0.2) is 4.79 Å². The number of amides is 1. The number of nitrogens with one attached hydrogen (secondary N) is 1. The Kier molecular flexibility index (Phi) is 5.65. The van der Waals surface area contributed by atoms with Crippen LogP contribution in [0.15, 0.2) is 0 Å². The van der Waals surface area contributed by atoms with Gasteiger partial charge in [-0.15, -0.1) is 22.9 Å². The standard InChI is InChI=1S/C15H20ClNO3S/c1-3-9-5-6-10-11(7-9)21-14(17-12(18)8-16)13(10)15(19)20-4-2/h9H,3-8H2,1-2H3,(H,17,18)/t9-/m1/s1. The van der Waals surface area contributed by atoms with Gasteiger partial charge in [0.25, 0.3) is 0 Å². The summed E-state index contributed by atoms with van der Waals surface area (Å²) in [4.78, 5) is 25.0. The van der Waals surface area contributed by atoms with Gasteiger partial charge in [0.15, 0.2) is 0 Å². The molecule has 1 N–H and O–H groups in total. The molecule has 0 saturated carbocycles. The van der Waals surface area contributed by atoms with Gasteiger partial charge >= 0.3 is 5.97 Å². The van der Waals surface area contributed by atoms with Crippen LogP contribution in [-0.4, -0.2) is 24.4 Å². The van der Waals surface area contributed by atoms with Gasteiger partial charge in [0.1, 0.15) is 10.9 Å². The van der Waals surface area contributed by atoms with Gasteiger partial charge in [-0.05, 0) is 37.7 Å². The van der Waals surface area contributed by atoms with E-state index in [0.717, 1.165) is 31.2 Å². The van der Waals surface area contributed by atoms with Crippen molar-refractivity contribution in [2.45, 2.75) is 39.5 Å². The Morgan fingerprint density at radius 3 is 2.81 bits per heavy atom. The fourth-order valence-electron chi connectivity index (χ4n) is 2.67. The van der Waals surface area contributed by atoms with E-state index in [4.69, 9.17) is 16.3 Å². The van der Waals surface area contributed by atoms with Crippen LogP contribution in [0.25, 0.3) is 0 Å². The highest BCUT2D eigenvalue weighted by Crippen LogP contribution is 2.40. The lowest BCUT2D eigenvalue weighted by Gasteiger charge is -2.20. The molecule has 0 aromatic carbocycles. The Morgan fingerprint density at radius 1 is 1.43 bits per heavy atom. The van der Waals surface area contributed by atoms with E-state index in [2.05, 4.69) is 12.2 Å². The normalized spacial score (nSPS) is 17.2. The Labute approximate surface area is 133 Å². The molecule has 0 fully saturated rings. The molecule has 2 rings (SSSR count). The summed E-state index contributed by atoms with van der Waals surface area (Å²) in [6, 6.07) is 0. The highest BCUT2D eigenvalue weighted by atomic mass is 35.5. The second-order valence-electron chi connectivity index (χ2n) is 5.13. The minimum Gasteiger partial charge on any atom is -0.462 e. The van der Waals surface area contributed by atoms with Crippen molar-refractivity contribution in [2.24, 2.45) is 5.92 Å². The number of rotatable bonds is 5. The van der Waals surface area contributed by atoms with E-state index in [9.17, 15) is 9.59 Å². The molecular weight excluding hydrogens is 310 g/mol. The summed E-state index contributed by atoms with van der Waals surface area (Å²) in [5.74, 6) is -0.118. The molecule has 116 valence electrons. The smallest absolute Gasteiger partial charge is 0.341 e.